The van der Waals surface area contributed by atoms with Gasteiger partial charge in [-0.25, -0.2) is 0 Å². The first-order chi connectivity index (χ1) is 8.58. The van der Waals surface area contributed by atoms with Gasteiger partial charge < -0.3 is 19.7 Å². The Kier molecular flexibility index (Phi) is 7.23. The Morgan fingerprint density at radius 1 is 1.39 bits per heavy atom. The lowest BCUT2D eigenvalue weighted by Gasteiger charge is -2.28. The van der Waals surface area contributed by atoms with E-state index in [-0.39, 0.29) is 24.9 Å². The van der Waals surface area contributed by atoms with Crippen molar-refractivity contribution in [1.82, 2.24) is 0 Å². The summed E-state index contributed by atoms with van der Waals surface area (Å²) in [6, 6.07) is 0. The lowest BCUT2D eigenvalue weighted by atomic mass is 10.1. The minimum absolute atomic E-state index is 0.0944. The molecule has 0 saturated carbocycles. The van der Waals surface area contributed by atoms with Crippen LogP contribution >= 0.6 is 0 Å². The summed E-state index contributed by atoms with van der Waals surface area (Å²) < 4.78 is 11.3. The Labute approximate surface area is 108 Å². The number of hydrogen-bond donors (Lipinski definition) is 2. The normalized spacial score (nSPS) is 23.6. The second-order valence-electron chi connectivity index (χ2n) is 4.91. The molecule has 2 N–H and O–H groups in total. The molecule has 0 spiro atoms. The molecule has 5 nitrogen and oxygen atoms in total. The van der Waals surface area contributed by atoms with Gasteiger partial charge >= 0.3 is 5.97 Å². The minimum Gasteiger partial charge on any atom is -0.481 e. The Morgan fingerprint density at radius 2 is 2.17 bits per heavy atom. The highest BCUT2D eigenvalue weighted by molar-refractivity contribution is 5.66. The van der Waals surface area contributed by atoms with Crippen LogP contribution in [0.5, 0.6) is 0 Å². The smallest absolute Gasteiger partial charge is 0.303 e. The molecule has 3 atom stereocenters. The molecule has 1 saturated heterocycles. The molecule has 1 rings (SSSR count). The van der Waals surface area contributed by atoms with Crippen LogP contribution in [0.25, 0.3) is 0 Å². The van der Waals surface area contributed by atoms with Gasteiger partial charge in [-0.2, -0.15) is 0 Å². The van der Waals surface area contributed by atoms with E-state index >= 15 is 0 Å². The Bertz CT molecular complexity index is 236. The van der Waals surface area contributed by atoms with Gasteiger partial charge in [-0.1, -0.05) is 0 Å². The molecule has 0 amide bonds. The molecule has 0 aliphatic carbocycles. The van der Waals surface area contributed by atoms with Gasteiger partial charge in [0.25, 0.3) is 0 Å². The van der Waals surface area contributed by atoms with Crippen LogP contribution in [0.1, 0.15) is 51.9 Å². The van der Waals surface area contributed by atoms with Crippen LogP contribution in [0.3, 0.4) is 0 Å². The van der Waals surface area contributed by atoms with Crippen molar-refractivity contribution in [2.45, 2.75) is 70.4 Å². The van der Waals surface area contributed by atoms with Crippen molar-refractivity contribution >= 4 is 5.97 Å². The van der Waals surface area contributed by atoms with E-state index in [0.717, 1.165) is 19.3 Å². The van der Waals surface area contributed by atoms with Gasteiger partial charge in [0, 0.05) is 13.0 Å². The number of hydrogen-bond acceptors (Lipinski definition) is 4. The quantitative estimate of drug-likeness (QED) is 0.697. The van der Waals surface area contributed by atoms with Gasteiger partial charge in [-0.05, 0) is 45.4 Å². The Morgan fingerprint density at radius 3 is 2.72 bits per heavy atom. The number of aliphatic hydroxyl groups excluding tert-OH is 1. The van der Waals surface area contributed by atoms with Crippen LogP contribution in [0.2, 0.25) is 0 Å². The monoisotopic (exact) mass is 260 g/mol. The predicted molar refractivity (Wildman–Crippen MR) is 66.2 cm³/mol. The highest BCUT2D eigenvalue weighted by atomic mass is 16.7. The molecule has 1 heterocycles. The van der Waals surface area contributed by atoms with E-state index < -0.39 is 5.97 Å². The summed E-state index contributed by atoms with van der Waals surface area (Å²) in [4.78, 5) is 10.6. The predicted octanol–water partition coefficient (Wildman–Crippen LogP) is 1.92. The zero-order valence-electron chi connectivity index (χ0n) is 11.0. The van der Waals surface area contributed by atoms with Gasteiger partial charge in [0.1, 0.15) is 0 Å². The Hall–Kier alpha value is -0.650. The molecule has 0 bridgehead atoms. The van der Waals surface area contributed by atoms with Gasteiger partial charge in [0.2, 0.25) is 0 Å². The van der Waals surface area contributed by atoms with E-state index in [2.05, 4.69) is 0 Å². The fourth-order valence-corrected chi connectivity index (χ4v) is 2.03. The molecule has 0 aromatic carbocycles. The number of aliphatic hydroxyl groups is 1. The third-order valence-corrected chi connectivity index (χ3v) is 3.07. The first-order valence-corrected chi connectivity index (χ1v) is 6.75. The van der Waals surface area contributed by atoms with Crippen molar-refractivity contribution in [3.8, 4) is 0 Å². The first-order valence-electron chi connectivity index (χ1n) is 6.75. The summed E-state index contributed by atoms with van der Waals surface area (Å²) in [6.07, 6.45) is 4.16. The third-order valence-electron chi connectivity index (χ3n) is 3.07. The zero-order valence-corrected chi connectivity index (χ0v) is 11.0. The molecule has 1 unspecified atom stereocenters. The van der Waals surface area contributed by atoms with Crippen molar-refractivity contribution in [1.29, 1.82) is 0 Å². The largest absolute Gasteiger partial charge is 0.481 e. The van der Waals surface area contributed by atoms with Crippen LogP contribution < -0.4 is 0 Å². The molecule has 1 fully saturated rings. The average Bonchev–Trinajstić information content (AvgIpc) is 2.33. The van der Waals surface area contributed by atoms with Crippen LogP contribution in [-0.4, -0.2) is 41.3 Å². The summed E-state index contributed by atoms with van der Waals surface area (Å²) in [7, 11) is 0. The topological polar surface area (TPSA) is 76.0 Å². The maximum Gasteiger partial charge on any atom is 0.303 e. The molecule has 1 aliphatic rings. The molecule has 0 aromatic rings. The van der Waals surface area contributed by atoms with Gasteiger partial charge in [-0.3, -0.25) is 4.79 Å². The number of aliphatic carboxylic acids is 1. The van der Waals surface area contributed by atoms with E-state index in [1.54, 1.807) is 6.92 Å². The highest BCUT2D eigenvalue weighted by Crippen LogP contribution is 2.20. The molecule has 1 aliphatic heterocycles. The first kappa shape index (κ1) is 15.4. The number of carbonyl (C=O) groups is 1. The van der Waals surface area contributed by atoms with Crippen LogP contribution in [0.15, 0.2) is 0 Å². The number of rotatable bonds is 8. The van der Waals surface area contributed by atoms with Crippen molar-refractivity contribution < 1.29 is 24.5 Å². The maximum atomic E-state index is 10.6. The van der Waals surface area contributed by atoms with Crippen LogP contribution in [0.4, 0.5) is 0 Å². The van der Waals surface area contributed by atoms with Crippen LogP contribution in [-0.2, 0) is 14.3 Å². The van der Waals surface area contributed by atoms with Gasteiger partial charge in [0.15, 0.2) is 6.29 Å². The lowest BCUT2D eigenvalue weighted by molar-refractivity contribution is -0.192. The van der Waals surface area contributed by atoms with E-state index in [1.165, 1.54) is 0 Å². The third kappa shape index (κ3) is 6.93. The van der Waals surface area contributed by atoms with E-state index in [9.17, 15) is 9.90 Å². The van der Waals surface area contributed by atoms with Gasteiger partial charge in [0.05, 0.1) is 12.2 Å². The minimum atomic E-state index is -0.815. The van der Waals surface area contributed by atoms with Crippen molar-refractivity contribution in [2.75, 3.05) is 6.61 Å². The molecule has 106 valence electrons. The molecule has 0 aromatic heterocycles. The number of ether oxygens (including phenoxy) is 2. The maximum absolute atomic E-state index is 10.6. The van der Waals surface area contributed by atoms with Gasteiger partial charge in [-0.15, -0.1) is 0 Å². The van der Waals surface area contributed by atoms with E-state index in [1.807, 2.05) is 0 Å². The molecule has 18 heavy (non-hydrogen) atoms. The number of carboxylic acids is 1. The van der Waals surface area contributed by atoms with Crippen LogP contribution in [0, 0.1) is 0 Å². The van der Waals surface area contributed by atoms with Crippen molar-refractivity contribution in [3.05, 3.63) is 0 Å². The lowest BCUT2D eigenvalue weighted by Crippen LogP contribution is -2.29. The fraction of sp³-hybridized carbons (Fsp3) is 0.923. The summed E-state index contributed by atoms with van der Waals surface area (Å²) >= 11 is 0. The highest BCUT2D eigenvalue weighted by Gasteiger charge is 2.20. The fourth-order valence-electron chi connectivity index (χ4n) is 2.03. The van der Waals surface area contributed by atoms with E-state index in [0.29, 0.717) is 25.9 Å². The summed E-state index contributed by atoms with van der Waals surface area (Å²) in [5, 5.41) is 18.0. The Balaban J connectivity index is 2.33. The standard InChI is InChI=1S/C13H24O5/c1-10(14)5-6-11(7-8-12(15)16)18-13-4-2-3-9-17-13/h10-11,13-14H,2-9H2,1H3,(H,15,16)/t10-,11-,13?/m1/s1. The zero-order chi connectivity index (χ0) is 13.4. The number of carboxylic acid groups (broad SMARTS) is 1. The molecular formula is C13H24O5. The average molecular weight is 260 g/mol. The van der Waals surface area contributed by atoms with Crippen molar-refractivity contribution in [2.24, 2.45) is 0 Å². The summed E-state index contributed by atoms with van der Waals surface area (Å²) in [5.74, 6) is -0.815. The molecule has 0 radical (unpaired) electrons. The molecular weight excluding hydrogens is 236 g/mol. The van der Waals surface area contributed by atoms with E-state index in [4.69, 9.17) is 14.6 Å². The molecule has 5 heteroatoms. The second-order valence-corrected chi connectivity index (χ2v) is 4.91. The SMILES string of the molecule is C[C@@H](O)CC[C@H](CCC(=O)O)OC1CCCCO1. The van der Waals surface area contributed by atoms with Crippen molar-refractivity contribution in [3.63, 3.8) is 0 Å². The second kappa shape index (κ2) is 8.45. The summed E-state index contributed by atoms with van der Waals surface area (Å²) in [5.41, 5.74) is 0. The summed E-state index contributed by atoms with van der Waals surface area (Å²) in [6.45, 7) is 2.44.